The maximum atomic E-state index is 11.4. The van der Waals surface area contributed by atoms with Crippen LogP contribution in [0.15, 0.2) is 30.3 Å². The highest BCUT2D eigenvalue weighted by atomic mass is 31.2. The Morgan fingerprint density at radius 3 is 2.36 bits per heavy atom. The van der Waals surface area contributed by atoms with E-state index in [0.29, 0.717) is 0 Å². The van der Waals surface area contributed by atoms with Crippen LogP contribution in [-0.4, -0.2) is 18.1 Å². The number of hydrogen-bond acceptors (Lipinski definition) is 1. The van der Waals surface area contributed by atoms with Gasteiger partial charge in [0.2, 0.25) is 0 Å². The summed E-state index contributed by atoms with van der Waals surface area (Å²) in [6.07, 6.45) is 0. The SMILES string of the molecule is C=[N+](C)P([O-])c1ccccc1. The van der Waals surface area contributed by atoms with Crippen molar-refractivity contribution in [3.63, 3.8) is 0 Å². The number of nitrogens with zero attached hydrogens (tertiary/aromatic N) is 1. The molecule has 3 heteroatoms. The molecule has 0 saturated heterocycles. The molecule has 58 valence electrons. The van der Waals surface area contributed by atoms with Crippen LogP contribution >= 0.6 is 8.30 Å². The molecule has 0 saturated carbocycles. The number of benzene rings is 1. The Labute approximate surface area is 67.7 Å². The van der Waals surface area contributed by atoms with Crippen LogP contribution in [0.2, 0.25) is 0 Å². The third kappa shape index (κ3) is 2.11. The molecule has 11 heavy (non-hydrogen) atoms. The summed E-state index contributed by atoms with van der Waals surface area (Å²) in [6.45, 7) is 3.56. The molecule has 0 aliphatic rings. The van der Waals surface area contributed by atoms with E-state index in [2.05, 4.69) is 6.72 Å². The van der Waals surface area contributed by atoms with Gasteiger partial charge in [0.05, 0.1) is 0 Å². The molecule has 0 bridgehead atoms. The standard InChI is InChI=1S/C8H10NOP/c1-9(2)11(10)8-6-4-3-5-7-8/h3-7H,1H2,2H3. The van der Waals surface area contributed by atoms with Crippen LogP contribution < -0.4 is 10.2 Å². The summed E-state index contributed by atoms with van der Waals surface area (Å²) in [6, 6.07) is 9.30. The molecule has 1 aromatic rings. The maximum Gasteiger partial charge on any atom is 0.134 e. The molecule has 1 rings (SSSR count). The zero-order chi connectivity index (χ0) is 8.27. The Morgan fingerprint density at radius 2 is 1.91 bits per heavy atom. The summed E-state index contributed by atoms with van der Waals surface area (Å²) in [7, 11) is 0.238. The van der Waals surface area contributed by atoms with Crippen molar-refractivity contribution in [3.8, 4) is 0 Å². The van der Waals surface area contributed by atoms with Gasteiger partial charge in [0.15, 0.2) is 0 Å². The Morgan fingerprint density at radius 1 is 1.36 bits per heavy atom. The zero-order valence-electron chi connectivity index (χ0n) is 6.40. The van der Waals surface area contributed by atoms with E-state index < -0.39 is 8.30 Å². The van der Waals surface area contributed by atoms with E-state index in [9.17, 15) is 4.89 Å². The molecule has 0 N–H and O–H groups in total. The molecule has 0 amide bonds. The molecule has 0 aromatic heterocycles. The summed E-state index contributed by atoms with van der Waals surface area (Å²) in [5.41, 5.74) is 0. The Bertz CT molecular complexity index is 248. The van der Waals surface area contributed by atoms with Gasteiger partial charge in [-0.15, -0.1) is 0 Å². The van der Waals surface area contributed by atoms with E-state index in [4.69, 9.17) is 0 Å². The van der Waals surface area contributed by atoms with Crippen LogP contribution in [0.1, 0.15) is 0 Å². The van der Waals surface area contributed by atoms with Crippen LogP contribution in [-0.2, 0) is 0 Å². The third-order valence-electron chi connectivity index (χ3n) is 1.29. The average Bonchev–Trinajstić information content (AvgIpc) is 2.05. The Balaban J connectivity index is 2.85. The van der Waals surface area contributed by atoms with Gasteiger partial charge in [-0.25, -0.2) is 4.35 Å². The van der Waals surface area contributed by atoms with E-state index in [1.807, 2.05) is 30.3 Å². The predicted molar refractivity (Wildman–Crippen MR) is 46.3 cm³/mol. The Hall–Kier alpha value is -0.720. The fourth-order valence-corrected chi connectivity index (χ4v) is 1.57. The van der Waals surface area contributed by atoms with Gasteiger partial charge in [0.1, 0.15) is 22.1 Å². The first-order valence-corrected chi connectivity index (χ1v) is 4.49. The highest BCUT2D eigenvalue weighted by Crippen LogP contribution is 2.21. The summed E-state index contributed by atoms with van der Waals surface area (Å²) in [5, 5.41) is 0.819. The first-order valence-electron chi connectivity index (χ1n) is 3.28. The summed E-state index contributed by atoms with van der Waals surface area (Å²) < 4.78 is 1.46. The average molecular weight is 167 g/mol. The van der Waals surface area contributed by atoms with E-state index in [1.165, 1.54) is 4.35 Å². The molecule has 0 heterocycles. The molecule has 0 fully saturated rings. The predicted octanol–water partition coefficient (Wildman–Crippen LogP) is 0.327. The fraction of sp³-hybridized carbons (Fsp3) is 0.125. The quantitative estimate of drug-likeness (QED) is 0.460. The highest BCUT2D eigenvalue weighted by molar-refractivity contribution is 7.52. The van der Waals surface area contributed by atoms with Crippen molar-refractivity contribution in [2.45, 2.75) is 0 Å². The van der Waals surface area contributed by atoms with Crippen LogP contribution in [0, 0.1) is 0 Å². The summed E-state index contributed by atoms with van der Waals surface area (Å²) in [4.78, 5) is 11.4. The maximum absolute atomic E-state index is 11.4. The van der Waals surface area contributed by atoms with Gasteiger partial charge in [-0.1, -0.05) is 18.2 Å². The van der Waals surface area contributed by atoms with Gasteiger partial charge >= 0.3 is 0 Å². The van der Waals surface area contributed by atoms with Gasteiger partial charge < -0.3 is 4.89 Å². The molecule has 2 nitrogen and oxygen atoms in total. The second-order valence-corrected chi connectivity index (χ2v) is 4.01. The van der Waals surface area contributed by atoms with Crippen LogP contribution in [0.3, 0.4) is 0 Å². The molecule has 1 unspecified atom stereocenters. The molecule has 0 spiro atoms. The van der Waals surface area contributed by atoms with Crippen molar-refractivity contribution in [1.82, 2.24) is 0 Å². The van der Waals surface area contributed by atoms with E-state index >= 15 is 0 Å². The first-order chi connectivity index (χ1) is 5.22. The minimum absolute atomic E-state index is 0.819. The first kappa shape index (κ1) is 8.38. The third-order valence-corrected chi connectivity index (χ3v) is 2.65. The van der Waals surface area contributed by atoms with Crippen molar-refractivity contribution >= 4 is 20.3 Å². The van der Waals surface area contributed by atoms with Crippen molar-refractivity contribution in [2.75, 3.05) is 7.05 Å². The number of rotatable bonds is 2. The van der Waals surface area contributed by atoms with Crippen molar-refractivity contribution < 1.29 is 9.24 Å². The van der Waals surface area contributed by atoms with E-state index in [1.54, 1.807) is 7.05 Å². The molecule has 0 aliphatic carbocycles. The smallest absolute Gasteiger partial charge is 0.134 e. The van der Waals surface area contributed by atoms with E-state index in [-0.39, 0.29) is 0 Å². The molecule has 0 aliphatic heterocycles. The van der Waals surface area contributed by atoms with E-state index in [0.717, 1.165) is 5.30 Å². The van der Waals surface area contributed by atoms with Gasteiger partial charge in [0.25, 0.3) is 0 Å². The molecular weight excluding hydrogens is 157 g/mol. The number of hydrogen-bond donors (Lipinski definition) is 0. The van der Waals surface area contributed by atoms with Crippen LogP contribution in [0.4, 0.5) is 0 Å². The fourth-order valence-electron chi connectivity index (χ4n) is 0.753. The summed E-state index contributed by atoms with van der Waals surface area (Å²) >= 11 is 0. The molecule has 1 atom stereocenters. The monoisotopic (exact) mass is 167 g/mol. The summed E-state index contributed by atoms with van der Waals surface area (Å²) in [5.74, 6) is 0. The lowest BCUT2D eigenvalue weighted by Gasteiger charge is -2.14. The van der Waals surface area contributed by atoms with Gasteiger partial charge in [0, 0.05) is 5.30 Å². The normalized spacial score (nSPS) is 12.5. The molecular formula is C8H10NOP. The second-order valence-electron chi connectivity index (χ2n) is 2.27. The lowest BCUT2D eigenvalue weighted by molar-refractivity contribution is -0.378. The minimum Gasteiger partial charge on any atom is -0.771 e. The second kappa shape index (κ2) is 3.61. The molecule has 0 radical (unpaired) electrons. The zero-order valence-corrected chi connectivity index (χ0v) is 7.29. The largest absolute Gasteiger partial charge is 0.771 e. The molecule has 1 aromatic carbocycles. The topological polar surface area (TPSA) is 26.1 Å². The lowest BCUT2D eigenvalue weighted by atomic mass is 10.4. The van der Waals surface area contributed by atoms with Gasteiger partial charge in [-0.05, 0) is 12.1 Å². The van der Waals surface area contributed by atoms with Crippen LogP contribution in [0.25, 0.3) is 0 Å². The highest BCUT2D eigenvalue weighted by Gasteiger charge is 2.03. The van der Waals surface area contributed by atoms with Crippen LogP contribution in [0.5, 0.6) is 0 Å². The van der Waals surface area contributed by atoms with Crippen molar-refractivity contribution in [3.05, 3.63) is 30.3 Å². The van der Waals surface area contributed by atoms with Crippen molar-refractivity contribution in [2.24, 2.45) is 0 Å². The van der Waals surface area contributed by atoms with Crippen molar-refractivity contribution in [1.29, 1.82) is 0 Å². The lowest BCUT2D eigenvalue weighted by Crippen LogP contribution is -2.17. The van der Waals surface area contributed by atoms with Gasteiger partial charge in [-0.2, -0.15) is 0 Å². The van der Waals surface area contributed by atoms with Gasteiger partial charge in [-0.3, -0.25) is 0 Å². The minimum atomic E-state index is -1.46. The Kier molecular flexibility index (Phi) is 2.75.